The van der Waals surface area contributed by atoms with E-state index in [0.29, 0.717) is 10.0 Å². The minimum absolute atomic E-state index is 0.197. The standard InChI is InChI=1S/C14H13BrFNO/c1-9(10-5-7-17-8-6-10)14(18)11-3-2-4-12(15)13(11)16/h2-9,14,18H,1H3. The highest BCUT2D eigenvalue weighted by Gasteiger charge is 2.22. The van der Waals surface area contributed by atoms with Crippen LogP contribution in [0.4, 0.5) is 4.39 Å². The second-order valence-electron chi connectivity index (χ2n) is 4.16. The van der Waals surface area contributed by atoms with Gasteiger partial charge in [-0.05, 0) is 39.7 Å². The van der Waals surface area contributed by atoms with Gasteiger partial charge in [-0.3, -0.25) is 4.98 Å². The molecule has 0 aliphatic rings. The molecule has 0 aliphatic carbocycles. The van der Waals surface area contributed by atoms with Gasteiger partial charge >= 0.3 is 0 Å². The van der Waals surface area contributed by atoms with Crippen LogP contribution in [0.1, 0.15) is 30.1 Å². The quantitative estimate of drug-likeness (QED) is 0.935. The van der Waals surface area contributed by atoms with Gasteiger partial charge in [0.1, 0.15) is 5.82 Å². The van der Waals surface area contributed by atoms with Gasteiger partial charge in [0.15, 0.2) is 0 Å². The van der Waals surface area contributed by atoms with Crippen LogP contribution in [0.5, 0.6) is 0 Å². The summed E-state index contributed by atoms with van der Waals surface area (Å²) in [5.41, 5.74) is 1.23. The first-order valence-electron chi connectivity index (χ1n) is 5.63. The average Bonchev–Trinajstić information content (AvgIpc) is 2.41. The number of aromatic nitrogens is 1. The van der Waals surface area contributed by atoms with Crippen LogP contribution in [-0.2, 0) is 0 Å². The van der Waals surface area contributed by atoms with Crippen LogP contribution in [0.3, 0.4) is 0 Å². The van der Waals surface area contributed by atoms with E-state index < -0.39 is 11.9 Å². The van der Waals surface area contributed by atoms with Crippen LogP contribution in [0.2, 0.25) is 0 Å². The zero-order valence-electron chi connectivity index (χ0n) is 9.85. The number of hydrogen-bond donors (Lipinski definition) is 1. The summed E-state index contributed by atoms with van der Waals surface area (Å²) in [5, 5.41) is 10.3. The van der Waals surface area contributed by atoms with Gasteiger partial charge < -0.3 is 5.11 Å². The summed E-state index contributed by atoms with van der Waals surface area (Å²) in [7, 11) is 0. The predicted octanol–water partition coefficient (Wildman–Crippen LogP) is 3.82. The summed E-state index contributed by atoms with van der Waals surface area (Å²) >= 11 is 3.12. The van der Waals surface area contributed by atoms with E-state index in [2.05, 4.69) is 20.9 Å². The Morgan fingerprint density at radius 1 is 1.22 bits per heavy atom. The first kappa shape index (κ1) is 13.2. The first-order valence-corrected chi connectivity index (χ1v) is 6.42. The lowest BCUT2D eigenvalue weighted by Gasteiger charge is -2.20. The number of hydrogen-bond acceptors (Lipinski definition) is 2. The van der Waals surface area contributed by atoms with Gasteiger partial charge in [-0.15, -0.1) is 0 Å². The van der Waals surface area contributed by atoms with Crippen LogP contribution in [0, 0.1) is 5.82 Å². The topological polar surface area (TPSA) is 33.1 Å². The SMILES string of the molecule is CC(c1ccncc1)C(O)c1cccc(Br)c1F. The Kier molecular flexibility index (Phi) is 4.09. The Bertz CT molecular complexity index is 533. The molecular formula is C14H13BrFNO. The molecule has 94 valence electrons. The van der Waals surface area contributed by atoms with Gasteiger partial charge in [0.2, 0.25) is 0 Å². The molecule has 2 rings (SSSR count). The van der Waals surface area contributed by atoms with E-state index in [1.54, 1.807) is 30.6 Å². The van der Waals surface area contributed by atoms with Gasteiger partial charge in [-0.1, -0.05) is 19.1 Å². The van der Waals surface area contributed by atoms with Crippen molar-refractivity contribution in [3.63, 3.8) is 0 Å². The zero-order chi connectivity index (χ0) is 13.1. The lowest BCUT2D eigenvalue weighted by Crippen LogP contribution is -2.09. The van der Waals surface area contributed by atoms with Gasteiger partial charge in [-0.2, -0.15) is 0 Å². The molecule has 1 N–H and O–H groups in total. The second-order valence-corrected chi connectivity index (χ2v) is 5.01. The largest absolute Gasteiger partial charge is 0.388 e. The number of rotatable bonds is 3. The van der Waals surface area contributed by atoms with Crippen LogP contribution in [0.25, 0.3) is 0 Å². The van der Waals surface area contributed by atoms with Gasteiger partial charge in [-0.25, -0.2) is 4.39 Å². The van der Waals surface area contributed by atoms with Gasteiger partial charge in [0.25, 0.3) is 0 Å². The van der Waals surface area contributed by atoms with Crippen molar-refractivity contribution in [3.8, 4) is 0 Å². The number of aliphatic hydroxyl groups is 1. The van der Waals surface area contributed by atoms with Crippen molar-refractivity contribution in [1.29, 1.82) is 0 Å². The highest BCUT2D eigenvalue weighted by atomic mass is 79.9. The number of nitrogens with zero attached hydrogens (tertiary/aromatic N) is 1. The van der Waals surface area contributed by atoms with E-state index in [1.807, 2.05) is 19.1 Å². The van der Waals surface area contributed by atoms with Crippen LogP contribution >= 0.6 is 15.9 Å². The minimum atomic E-state index is -0.884. The Hall–Kier alpha value is -1.26. The maximum atomic E-state index is 13.9. The molecule has 18 heavy (non-hydrogen) atoms. The molecule has 2 nitrogen and oxygen atoms in total. The van der Waals surface area contributed by atoms with Crippen LogP contribution in [0.15, 0.2) is 47.2 Å². The molecule has 0 aliphatic heterocycles. The molecule has 2 aromatic rings. The molecular weight excluding hydrogens is 297 g/mol. The van der Waals surface area contributed by atoms with E-state index in [0.717, 1.165) is 5.56 Å². The number of aliphatic hydroxyl groups excluding tert-OH is 1. The fraction of sp³-hybridized carbons (Fsp3) is 0.214. The summed E-state index contributed by atoms with van der Waals surface area (Å²) in [6.45, 7) is 1.86. The summed E-state index contributed by atoms with van der Waals surface area (Å²) < 4.78 is 14.3. The molecule has 1 heterocycles. The van der Waals surface area contributed by atoms with E-state index in [1.165, 1.54) is 0 Å². The highest BCUT2D eigenvalue weighted by molar-refractivity contribution is 9.10. The van der Waals surface area contributed by atoms with Gasteiger partial charge in [0.05, 0.1) is 10.6 Å². The molecule has 0 saturated heterocycles. The normalized spacial score (nSPS) is 14.2. The molecule has 2 atom stereocenters. The average molecular weight is 310 g/mol. The lowest BCUT2D eigenvalue weighted by molar-refractivity contribution is 0.147. The summed E-state index contributed by atoms with van der Waals surface area (Å²) in [5.74, 6) is -0.609. The van der Waals surface area contributed by atoms with E-state index in [-0.39, 0.29) is 5.92 Å². The molecule has 4 heteroatoms. The summed E-state index contributed by atoms with van der Waals surface area (Å²) in [4.78, 5) is 3.93. The molecule has 0 saturated carbocycles. The number of benzene rings is 1. The predicted molar refractivity (Wildman–Crippen MR) is 71.7 cm³/mol. The maximum absolute atomic E-state index is 13.9. The van der Waals surface area contributed by atoms with Crippen molar-refractivity contribution >= 4 is 15.9 Å². The third-order valence-corrected chi connectivity index (χ3v) is 3.62. The molecule has 1 aromatic heterocycles. The third kappa shape index (κ3) is 2.60. The van der Waals surface area contributed by atoms with E-state index >= 15 is 0 Å². The maximum Gasteiger partial charge on any atom is 0.143 e. The smallest absolute Gasteiger partial charge is 0.143 e. The van der Waals surface area contributed by atoms with Gasteiger partial charge in [0, 0.05) is 23.9 Å². The summed E-state index contributed by atoms with van der Waals surface area (Å²) in [6.07, 6.45) is 2.44. The molecule has 2 unspecified atom stereocenters. The Morgan fingerprint density at radius 3 is 2.56 bits per heavy atom. The fourth-order valence-electron chi connectivity index (χ4n) is 1.87. The molecule has 0 fully saturated rings. The summed E-state index contributed by atoms with van der Waals surface area (Å²) in [6, 6.07) is 8.57. The van der Waals surface area contributed by atoms with Crippen molar-refractivity contribution in [2.24, 2.45) is 0 Å². The van der Waals surface area contributed by atoms with Crippen molar-refractivity contribution in [3.05, 3.63) is 64.1 Å². The van der Waals surface area contributed by atoms with Crippen molar-refractivity contribution in [2.45, 2.75) is 18.9 Å². The molecule has 0 amide bonds. The minimum Gasteiger partial charge on any atom is -0.388 e. The number of halogens is 2. The molecule has 0 bridgehead atoms. The Balaban J connectivity index is 2.31. The highest BCUT2D eigenvalue weighted by Crippen LogP contribution is 2.33. The monoisotopic (exact) mass is 309 g/mol. The zero-order valence-corrected chi connectivity index (χ0v) is 11.4. The fourth-order valence-corrected chi connectivity index (χ4v) is 2.25. The van der Waals surface area contributed by atoms with Crippen LogP contribution in [-0.4, -0.2) is 10.1 Å². The third-order valence-electron chi connectivity index (χ3n) is 3.01. The molecule has 1 aromatic carbocycles. The first-order chi connectivity index (χ1) is 8.61. The van der Waals surface area contributed by atoms with Crippen molar-refractivity contribution in [2.75, 3.05) is 0 Å². The molecule has 0 spiro atoms. The Labute approximate surface area is 114 Å². The lowest BCUT2D eigenvalue weighted by atomic mass is 9.91. The Morgan fingerprint density at radius 2 is 1.89 bits per heavy atom. The second kappa shape index (κ2) is 5.59. The van der Waals surface area contributed by atoms with Crippen molar-refractivity contribution < 1.29 is 9.50 Å². The van der Waals surface area contributed by atoms with E-state index in [9.17, 15) is 9.50 Å². The number of pyridine rings is 1. The van der Waals surface area contributed by atoms with E-state index in [4.69, 9.17) is 0 Å². The van der Waals surface area contributed by atoms with Crippen LogP contribution < -0.4 is 0 Å². The molecule has 0 radical (unpaired) electrons. The van der Waals surface area contributed by atoms with Crippen molar-refractivity contribution in [1.82, 2.24) is 4.98 Å².